The molecule has 1 heterocycles. The molecule has 1 amide bonds. The van der Waals surface area contributed by atoms with E-state index in [0.29, 0.717) is 5.56 Å². The topological polar surface area (TPSA) is 133 Å². The minimum absolute atomic E-state index is 0.00412. The van der Waals surface area contributed by atoms with Crippen molar-refractivity contribution in [1.82, 2.24) is 15.3 Å². The first-order chi connectivity index (χ1) is 16.9. The number of phenolic OH excluding ortho intramolecular Hbond substituents is 1. The molecule has 4 N–H and O–H groups in total. The first-order valence-corrected chi connectivity index (χ1v) is 12.5. The van der Waals surface area contributed by atoms with Gasteiger partial charge in [0.15, 0.2) is 15.7 Å². The fraction of sp³-hybridized carbons (Fsp3) is 0.227. The second kappa shape index (κ2) is 11.0. The minimum Gasteiger partial charge on any atom is -0.506 e. The highest BCUT2D eigenvalue weighted by Crippen LogP contribution is 2.31. The molecule has 3 rings (SSSR count). The van der Waals surface area contributed by atoms with Gasteiger partial charge in [0.25, 0.3) is 0 Å². The Bertz CT molecular complexity index is 1370. The quantitative estimate of drug-likeness (QED) is 0.293. The number of alkyl halides is 3. The van der Waals surface area contributed by atoms with Crippen LogP contribution in [0.4, 0.5) is 36.3 Å². The Morgan fingerprint density at radius 1 is 1.11 bits per heavy atom. The molecule has 0 fully saturated rings. The molecule has 0 unspecified atom stereocenters. The summed E-state index contributed by atoms with van der Waals surface area (Å²) in [6.45, 7) is 1.25. The van der Waals surface area contributed by atoms with E-state index in [2.05, 4.69) is 20.6 Å². The highest BCUT2D eigenvalue weighted by Gasteiger charge is 2.38. The van der Waals surface area contributed by atoms with Gasteiger partial charge in [0.2, 0.25) is 5.95 Å². The molecule has 0 radical (unpaired) electrons. The van der Waals surface area contributed by atoms with Crippen molar-refractivity contribution in [2.24, 2.45) is 0 Å². The van der Waals surface area contributed by atoms with Crippen molar-refractivity contribution >= 4 is 50.5 Å². The standard InChI is InChI=1S/C22H21ClF3N5O4S/c1-2-36(34,35)18-6-4-3-5-15(18)29-19-14(23)12-28-21(31-19)30-16-11-13(7-8-17(16)32)9-10-27-20(33)22(24,25)26/h3-8,11-12,32H,2,9-10H2,1H3,(H,27,33)(H2,28,29,30,31). The molecule has 0 atom stereocenters. The maximum Gasteiger partial charge on any atom is 0.471 e. The number of rotatable bonds is 9. The van der Waals surface area contributed by atoms with Gasteiger partial charge in [-0.25, -0.2) is 13.4 Å². The lowest BCUT2D eigenvalue weighted by molar-refractivity contribution is -0.173. The monoisotopic (exact) mass is 543 g/mol. The van der Waals surface area contributed by atoms with Crippen LogP contribution in [0.5, 0.6) is 5.75 Å². The number of phenols is 1. The zero-order valence-electron chi connectivity index (χ0n) is 18.7. The summed E-state index contributed by atoms with van der Waals surface area (Å²) < 4.78 is 61.8. The Morgan fingerprint density at radius 3 is 2.53 bits per heavy atom. The summed E-state index contributed by atoms with van der Waals surface area (Å²) in [5.74, 6) is -2.24. The number of sulfone groups is 1. The zero-order valence-corrected chi connectivity index (χ0v) is 20.3. The number of nitrogens with one attached hydrogen (secondary N) is 3. The van der Waals surface area contributed by atoms with Crippen LogP contribution in [0, 0.1) is 0 Å². The normalized spacial score (nSPS) is 11.7. The van der Waals surface area contributed by atoms with Crippen LogP contribution in [0.15, 0.2) is 53.6 Å². The van der Waals surface area contributed by atoms with Crippen molar-refractivity contribution < 1.29 is 31.5 Å². The summed E-state index contributed by atoms with van der Waals surface area (Å²) in [5.41, 5.74) is 0.928. The molecule has 36 heavy (non-hydrogen) atoms. The maximum absolute atomic E-state index is 12.4. The van der Waals surface area contributed by atoms with E-state index in [4.69, 9.17) is 11.6 Å². The van der Waals surface area contributed by atoms with Gasteiger partial charge in [-0.15, -0.1) is 0 Å². The largest absolute Gasteiger partial charge is 0.506 e. The molecule has 0 aliphatic heterocycles. The van der Waals surface area contributed by atoms with Crippen LogP contribution < -0.4 is 16.0 Å². The van der Waals surface area contributed by atoms with Gasteiger partial charge >= 0.3 is 12.1 Å². The molecule has 0 bridgehead atoms. The van der Waals surface area contributed by atoms with Gasteiger partial charge in [-0.3, -0.25) is 4.79 Å². The molecule has 0 spiro atoms. The first kappa shape index (κ1) is 27.0. The molecule has 14 heteroatoms. The summed E-state index contributed by atoms with van der Waals surface area (Å²) in [4.78, 5) is 19.3. The maximum atomic E-state index is 12.4. The third kappa shape index (κ3) is 6.76. The van der Waals surface area contributed by atoms with E-state index in [-0.39, 0.29) is 57.5 Å². The van der Waals surface area contributed by atoms with Crippen LogP contribution >= 0.6 is 11.6 Å². The number of aromatic hydroxyl groups is 1. The second-order valence-corrected chi connectivity index (χ2v) is 10.0. The van der Waals surface area contributed by atoms with Crippen LogP contribution in [0.1, 0.15) is 12.5 Å². The molecule has 3 aromatic rings. The van der Waals surface area contributed by atoms with E-state index in [0.717, 1.165) is 0 Å². The molecule has 0 aliphatic carbocycles. The number of carbonyl (C=O) groups is 1. The van der Waals surface area contributed by atoms with E-state index in [1.807, 2.05) is 0 Å². The second-order valence-electron chi connectivity index (χ2n) is 7.39. The summed E-state index contributed by atoms with van der Waals surface area (Å²) in [5, 5.41) is 17.7. The number of aromatic nitrogens is 2. The van der Waals surface area contributed by atoms with E-state index in [1.54, 1.807) is 23.5 Å². The fourth-order valence-corrected chi connectivity index (χ4v) is 4.21. The predicted octanol–water partition coefficient (Wildman–Crippen LogP) is 4.34. The lowest BCUT2D eigenvalue weighted by atomic mass is 10.1. The SMILES string of the molecule is CCS(=O)(=O)c1ccccc1Nc1nc(Nc2cc(CCNC(=O)C(F)(F)F)ccc2O)ncc1Cl. The van der Waals surface area contributed by atoms with Gasteiger partial charge in [-0.1, -0.05) is 36.7 Å². The molecule has 9 nitrogen and oxygen atoms in total. The van der Waals surface area contributed by atoms with E-state index >= 15 is 0 Å². The van der Waals surface area contributed by atoms with Crippen molar-refractivity contribution in [2.45, 2.75) is 24.4 Å². The van der Waals surface area contributed by atoms with Crippen molar-refractivity contribution in [1.29, 1.82) is 0 Å². The number of amides is 1. The van der Waals surface area contributed by atoms with Crippen LogP contribution in [0.3, 0.4) is 0 Å². The number of halogens is 4. The number of para-hydroxylation sites is 1. The van der Waals surface area contributed by atoms with Crippen molar-refractivity contribution in [2.75, 3.05) is 22.9 Å². The number of carbonyl (C=O) groups excluding carboxylic acids is 1. The Hall–Kier alpha value is -3.58. The molecular formula is C22H21ClF3N5O4S. The molecule has 2 aromatic carbocycles. The highest BCUT2D eigenvalue weighted by molar-refractivity contribution is 7.91. The van der Waals surface area contributed by atoms with Crippen molar-refractivity contribution in [3.05, 3.63) is 59.2 Å². The van der Waals surface area contributed by atoms with Crippen LogP contribution in [0.2, 0.25) is 5.02 Å². The molecular weight excluding hydrogens is 523 g/mol. The Kier molecular flexibility index (Phi) is 8.25. The van der Waals surface area contributed by atoms with Gasteiger partial charge in [0.1, 0.15) is 10.8 Å². The van der Waals surface area contributed by atoms with E-state index in [1.165, 1.54) is 37.4 Å². The molecule has 0 saturated carbocycles. The van der Waals surface area contributed by atoms with Crippen LogP contribution in [-0.4, -0.2) is 47.9 Å². The average molecular weight is 544 g/mol. The van der Waals surface area contributed by atoms with Crippen molar-refractivity contribution in [3.63, 3.8) is 0 Å². The van der Waals surface area contributed by atoms with Crippen molar-refractivity contribution in [3.8, 4) is 5.75 Å². The Balaban J connectivity index is 1.79. The van der Waals surface area contributed by atoms with E-state index in [9.17, 15) is 31.5 Å². The average Bonchev–Trinajstić information content (AvgIpc) is 2.82. The van der Waals surface area contributed by atoms with Crippen LogP contribution in [0.25, 0.3) is 0 Å². The number of anilines is 4. The Morgan fingerprint density at radius 2 is 1.83 bits per heavy atom. The lowest BCUT2D eigenvalue weighted by Crippen LogP contribution is -2.37. The zero-order chi connectivity index (χ0) is 26.5. The number of nitrogens with zero attached hydrogens (tertiary/aromatic N) is 2. The smallest absolute Gasteiger partial charge is 0.471 e. The molecule has 0 aliphatic rings. The third-order valence-electron chi connectivity index (χ3n) is 4.86. The number of hydrogen-bond donors (Lipinski definition) is 4. The van der Waals surface area contributed by atoms with Gasteiger partial charge in [-0.05, 0) is 36.2 Å². The fourth-order valence-electron chi connectivity index (χ4n) is 3.02. The van der Waals surface area contributed by atoms with Crippen LogP contribution in [-0.2, 0) is 21.1 Å². The Labute approximate surface area is 209 Å². The summed E-state index contributed by atoms with van der Waals surface area (Å²) in [6, 6.07) is 10.5. The first-order valence-electron chi connectivity index (χ1n) is 10.5. The van der Waals surface area contributed by atoms with Gasteiger partial charge in [0, 0.05) is 6.54 Å². The summed E-state index contributed by atoms with van der Waals surface area (Å²) in [6.07, 6.45) is -3.64. The molecule has 0 saturated heterocycles. The molecule has 1 aromatic heterocycles. The van der Waals surface area contributed by atoms with Gasteiger partial charge in [0.05, 0.1) is 28.2 Å². The highest BCUT2D eigenvalue weighted by atomic mass is 35.5. The lowest BCUT2D eigenvalue weighted by Gasteiger charge is -2.14. The number of hydrogen-bond acceptors (Lipinski definition) is 8. The summed E-state index contributed by atoms with van der Waals surface area (Å²) >= 11 is 6.19. The predicted molar refractivity (Wildman–Crippen MR) is 129 cm³/mol. The summed E-state index contributed by atoms with van der Waals surface area (Å²) in [7, 11) is -3.54. The van der Waals surface area contributed by atoms with E-state index < -0.39 is 21.9 Å². The van der Waals surface area contributed by atoms with Gasteiger partial charge < -0.3 is 21.1 Å². The number of benzene rings is 2. The van der Waals surface area contributed by atoms with Gasteiger partial charge in [-0.2, -0.15) is 18.2 Å². The minimum atomic E-state index is -4.97. The third-order valence-corrected chi connectivity index (χ3v) is 6.93. The molecule has 192 valence electrons.